The molecule has 1 fully saturated rings. The van der Waals surface area contributed by atoms with Crippen molar-refractivity contribution in [3.8, 4) is 5.75 Å². The van der Waals surface area contributed by atoms with E-state index in [1.54, 1.807) is 17.0 Å². The Balaban J connectivity index is 2.03. The molecule has 1 amide bonds. The van der Waals surface area contributed by atoms with Crippen molar-refractivity contribution in [1.82, 2.24) is 4.90 Å². The smallest absolute Gasteiger partial charge is 0.263 e. The van der Waals surface area contributed by atoms with E-state index in [1.165, 1.54) is 12.1 Å². The Labute approximate surface area is 112 Å². The summed E-state index contributed by atoms with van der Waals surface area (Å²) in [6.07, 6.45) is -0.139. The molecule has 1 aromatic carbocycles. The summed E-state index contributed by atoms with van der Waals surface area (Å²) >= 11 is 0. The molecule has 0 bridgehead atoms. The second-order valence-electron chi connectivity index (χ2n) is 4.38. The molecule has 1 saturated heterocycles. The zero-order valence-corrected chi connectivity index (χ0v) is 11.0. The molecule has 1 aliphatic heterocycles. The molecule has 2 rings (SSSR count). The molecule has 1 aromatic rings. The van der Waals surface area contributed by atoms with Crippen LogP contribution in [0.15, 0.2) is 24.3 Å². The van der Waals surface area contributed by atoms with Crippen LogP contribution in [-0.4, -0.2) is 43.2 Å². The minimum atomic E-state index is -0.644. The molecule has 0 saturated carbocycles. The third-order valence-corrected chi connectivity index (χ3v) is 3.07. The normalized spacial score (nSPS) is 17.1. The summed E-state index contributed by atoms with van der Waals surface area (Å²) in [7, 11) is 0. The highest BCUT2D eigenvalue weighted by Crippen LogP contribution is 2.19. The Hall–Kier alpha value is -1.62. The van der Waals surface area contributed by atoms with E-state index >= 15 is 0 Å². The predicted octanol–water partition coefficient (Wildman–Crippen LogP) is 1.84. The Morgan fingerprint density at radius 1 is 1.42 bits per heavy atom. The van der Waals surface area contributed by atoms with E-state index in [1.807, 2.05) is 6.92 Å². The van der Waals surface area contributed by atoms with E-state index in [0.717, 1.165) is 0 Å². The number of hydrogen-bond acceptors (Lipinski definition) is 3. The average molecular weight is 267 g/mol. The van der Waals surface area contributed by atoms with Gasteiger partial charge in [-0.1, -0.05) is 19.1 Å². The Kier molecular flexibility index (Phi) is 4.74. The number of ether oxygens (including phenoxy) is 2. The fourth-order valence-corrected chi connectivity index (χ4v) is 1.99. The SMILES string of the molecule is CC[C@@H](Oc1ccccc1F)C(=O)N1CCOCC1. The maximum atomic E-state index is 13.5. The van der Waals surface area contributed by atoms with Crippen LogP contribution in [0.4, 0.5) is 4.39 Å². The van der Waals surface area contributed by atoms with Gasteiger partial charge >= 0.3 is 0 Å². The zero-order chi connectivity index (χ0) is 13.7. The lowest BCUT2D eigenvalue weighted by atomic mass is 10.2. The number of carbonyl (C=O) groups excluding carboxylic acids is 1. The first-order valence-corrected chi connectivity index (χ1v) is 6.50. The third kappa shape index (κ3) is 3.44. The fraction of sp³-hybridized carbons (Fsp3) is 0.500. The number of morpholine rings is 1. The summed E-state index contributed by atoms with van der Waals surface area (Å²) in [6, 6.07) is 6.13. The number of benzene rings is 1. The molecule has 1 atom stereocenters. The van der Waals surface area contributed by atoms with Gasteiger partial charge in [0.2, 0.25) is 0 Å². The quantitative estimate of drug-likeness (QED) is 0.835. The minimum Gasteiger partial charge on any atom is -0.478 e. The van der Waals surface area contributed by atoms with E-state index < -0.39 is 11.9 Å². The molecule has 19 heavy (non-hydrogen) atoms. The molecule has 1 aliphatic rings. The van der Waals surface area contributed by atoms with Gasteiger partial charge < -0.3 is 14.4 Å². The van der Waals surface area contributed by atoms with Gasteiger partial charge in [-0.3, -0.25) is 4.79 Å². The van der Waals surface area contributed by atoms with E-state index in [2.05, 4.69) is 0 Å². The summed E-state index contributed by atoms with van der Waals surface area (Å²) in [6.45, 7) is 4.07. The van der Waals surface area contributed by atoms with Crippen LogP contribution in [0.3, 0.4) is 0 Å². The minimum absolute atomic E-state index is 0.103. The molecule has 0 N–H and O–H groups in total. The van der Waals surface area contributed by atoms with Gasteiger partial charge in [-0.25, -0.2) is 4.39 Å². The van der Waals surface area contributed by atoms with Crippen molar-refractivity contribution in [3.63, 3.8) is 0 Å². The fourth-order valence-electron chi connectivity index (χ4n) is 1.99. The zero-order valence-electron chi connectivity index (χ0n) is 11.0. The first kappa shape index (κ1) is 13.8. The number of carbonyl (C=O) groups is 1. The van der Waals surface area contributed by atoms with Gasteiger partial charge in [0.1, 0.15) is 0 Å². The standard InChI is InChI=1S/C14H18FNO3/c1-2-12(14(17)16-7-9-18-10-8-16)19-13-6-4-3-5-11(13)15/h3-6,12H,2,7-10H2,1H3/t12-/m1/s1. The molecular weight excluding hydrogens is 249 g/mol. The first-order valence-electron chi connectivity index (χ1n) is 6.50. The van der Waals surface area contributed by atoms with E-state index in [-0.39, 0.29) is 11.7 Å². The summed E-state index contributed by atoms with van der Waals surface area (Å²) in [5.41, 5.74) is 0. The van der Waals surface area contributed by atoms with E-state index in [0.29, 0.717) is 32.7 Å². The van der Waals surface area contributed by atoms with Crippen LogP contribution in [0.1, 0.15) is 13.3 Å². The van der Waals surface area contributed by atoms with Crippen LogP contribution in [0.25, 0.3) is 0 Å². The molecule has 0 aliphatic carbocycles. The van der Waals surface area contributed by atoms with Crippen molar-refractivity contribution in [2.75, 3.05) is 26.3 Å². The summed E-state index contributed by atoms with van der Waals surface area (Å²) in [5.74, 6) is -0.430. The monoisotopic (exact) mass is 267 g/mol. The highest BCUT2D eigenvalue weighted by molar-refractivity contribution is 5.81. The molecule has 0 unspecified atom stereocenters. The summed E-state index contributed by atoms with van der Waals surface area (Å²) in [4.78, 5) is 14.0. The second kappa shape index (κ2) is 6.52. The van der Waals surface area contributed by atoms with Crippen molar-refractivity contribution >= 4 is 5.91 Å². The van der Waals surface area contributed by atoms with Crippen LogP contribution in [0.2, 0.25) is 0 Å². The lowest BCUT2D eigenvalue weighted by molar-refractivity contribution is -0.143. The van der Waals surface area contributed by atoms with Crippen molar-refractivity contribution in [2.45, 2.75) is 19.4 Å². The molecule has 0 aromatic heterocycles. The van der Waals surface area contributed by atoms with Gasteiger partial charge in [0.15, 0.2) is 17.7 Å². The number of nitrogens with zero attached hydrogens (tertiary/aromatic N) is 1. The highest BCUT2D eigenvalue weighted by atomic mass is 19.1. The number of amides is 1. The van der Waals surface area contributed by atoms with Crippen molar-refractivity contribution in [3.05, 3.63) is 30.1 Å². The molecule has 4 nitrogen and oxygen atoms in total. The van der Waals surface area contributed by atoms with Gasteiger partial charge in [0, 0.05) is 13.1 Å². The van der Waals surface area contributed by atoms with Gasteiger partial charge in [-0.2, -0.15) is 0 Å². The third-order valence-electron chi connectivity index (χ3n) is 3.07. The molecule has 5 heteroatoms. The molecule has 0 spiro atoms. The number of rotatable bonds is 4. The van der Waals surface area contributed by atoms with E-state index in [9.17, 15) is 9.18 Å². The van der Waals surface area contributed by atoms with Crippen LogP contribution in [-0.2, 0) is 9.53 Å². The van der Waals surface area contributed by atoms with E-state index in [4.69, 9.17) is 9.47 Å². The molecule has 0 radical (unpaired) electrons. The number of hydrogen-bond donors (Lipinski definition) is 0. The van der Waals surface area contributed by atoms with Gasteiger partial charge in [0.05, 0.1) is 13.2 Å². The lowest BCUT2D eigenvalue weighted by Crippen LogP contribution is -2.47. The topological polar surface area (TPSA) is 38.8 Å². The van der Waals surface area contributed by atoms with Crippen LogP contribution in [0.5, 0.6) is 5.75 Å². The Bertz CT molecular complexity index is 432. The number of para-hydroxylation sites is 1. The maximum Gasteiger partial charge on any atom is 0.263 e. The van der Waals surface area contributed by atoms with Crippen LogP contribution >= 0.6 is 0 Å². The van der Waals surface area contributed by atoms with Gasteiger partial charge in [0.25, 0.3) is 5.91 Å². The van der Waals surface area contributed by atoms with Crippen molar-refractivity contribution < 1.29 is 18.7 Å². The Morgan fingerprint density at radius 2 is 2.11 bits per heavy atom. The average Bonchev–Trinajstić information content (AvgIpc) is 2.47. The summed E-state index contributed by atoms with van der Waals surface area (Å²) in [5, 5.41) is 0. The van der Waals surface area contributed by atoms with Crippen molar-refractivity contribution in [1.29, 1.82) is 0 Å². The summed E-state index contributed by atoms with van der Waals surface area (Å²) < 4.78 is 24.2. The predicted molar refractivity (Wildman–Crippen MR) is 68.5 cm³/mol. The van der Waals surface area contributed by atoms with Gasteiger partial charge in [-0.15, -0.1) is 0 Å². The van der Waals surface area contributed by atoms with Crippen LogP contribution in [0, 0.1) is 5.82 Å². The highest BCUT2D eigenvalue weighted by Gasteiger charge is 2.26. The van der Waals surface area contributed by atoms with Gasteiger partial charge in [-0.05, 0) is 18.6 Å². The number of halogens is 1. The second-order valence-corrected chi connectivity index (χ2v) is 4.38. The lowest BCUT2D eigenvalue weighted by Gasteiger charge is -2.30. The first-order chi connectivity index (χ1) is 9.22. The van der Waals surface area contributed by atoms with Crippen LogP contribution < -0.4 is 4.74 Å². The molecule has 104 valence electrons. The maximum absolute atomic E-state index is 13.5. The van der Waals surface area contributed by atoms with Crippen molar-refractivity contribution in [2.24, 2.45) is 0 Å². The Morgan fingerprint density at radius 3 is 2.74 bits per heavy atom. The molecule has 1 heterocycles. The largest absolute Gasteiger partial charge is 0.478 e. The molecular formula is C14H18FNO3.